The first-order chi connectivity index (χ1) is 14.3. The predicted octanol–water partition coefficient (Wildman–Crippen LogP) is 3.38. The Balaban J connectivity index is 1.49. The van der Waals surface area contributed by atoms with E-state index in [-0.39, 0.29) is 4.90 Å². The van der Waals surface area contributed by atoms with E-state index in [1.165, 1.54) is 28.5 Å². The number of benzene rings is 1. The van der Waals surface area contributed by atoms with Crippen LogP contribution in [0.3, 0.4) is 0 Å². The first-order valence-electron chi connectivity index (χ1n) is 10.6. The predicted molar refractivity (Wildman–Crippen MR) is 114 cm³/mol. The average molecular weight is 430 g/mol. The molecule has 0 fully saturated rings. The Bertz CT molecular complexity index is 1160. The van der Waals surface area contributed by atoms with Gasteiger partial charge in [0.25, 0.3) is 0 Å². The van der Waals surface area contributed by atoms with Crippen LogP contribution in [0.5, 0.6) is 5.88 Å². The molecule has 1 aromatic heterocycles. The number of nitrogens with zero attached hydrogens (tertiary/aromatic N) is 3. The summed E-state index contributed by atoms with van der Waals surface area (Å²) in [6, 6.07) is 1.62. The normalized spacial score (nSPS) is 23.7. The van der Waals surface area contributed by atoms with Crippen LogP contribution >= 0.6 is 0 Å². The van der Waals surface area contributed by atoms with E-state index in [0.717, 1.165) is 37.8 Å². The number of urea groups is 1. The number of hydrogen-bond donors (Lipinski definition) is 2. The van der Waals surface area contributed by atoms with Crippen molar-refractivity contribution < 1.29 is 13.7 Å². The number of carbonyl (C=O) groups excluding carboxylic acids is 1. The largest absolute Gasteiger partial charge is 0.477 e. The third kappa shape index (κ3) is 3.20. The van der Waals surface area contributed by atoms with Crippen LogP contribution in [0.15, 0.2) is 21.5 Å². The highest BCUT2D eigenvalue weighted by atomic mass is 32.2. The van der Waals surface area contributed by atoms with Gasteiger partial charge >= 0.3 is 6.03 Å². The minimum atomic E-state index is -3.48. The van der Waals surface area contributed by atoms with Crippen molar-refractivity contribution in [3.63, 3.8) is 0 Å². The van der Waals surface area contributed by atoms with Gasteiger partial charge in [-0.15, -0.1) is 4.36 Å². The molecule has 3 N–H and O–H groups in total. The molecular formula is C21H27N5O3S. The Morgan fingerprint density at radius 3 is 3.00 bits per heavy atom. The molecule has 2 aromatic rings. The van der Waals surface area contributed by atoms with Crippen molar-refractivity contribution in [3.8, 4) is 5.88 Å². The van der Waals surface area contributed by atoms with Gasteiger partial charge in [-0.2, -0.15) is 5.10 Å². The van der Waals surface area contributed by atoms with Gasteiger partial charge in [0.1, 0.15) is 4.90 Å². The van der Waals surface area contributed by atoms with Gasteiger partial charge in [-0.3, -0.25) is 0 Å². The van der Waals surface area contributed by atoms with Gasteiger partial charge in [-0.25, -0.2) is 18.8 Å². The van der Waals surface area contributed by atoms with E-state index in [1.807, 2.05) is 6.92 Å². The van der Waals surface area contributed by atoms with Crippen molar-refractivity contribution >= 4 is 21.6 Å². The van der Waals surface area contributed by atoms with Gasteiger partial charge in [-0.1, -0.05) is 19.9 Å². The summed E-state index contributed by atoms with van der Waals surface area (Å²) in [7, 11) is -3.48. The molecule has 8 nitrogen and oxygen atoms in total. The quantitative estimate of drug-likeness (QED) is 0.762. The van der Waals surface area contributed by atoms with Crippen LogP contribution in [0.4, 0.5) is 10.5 Å². The molecule has 0 saturated heterocycles. The van der Waals surface area contributed by atoms with Crippen LogP contribution < -0.4 is 15.2 Å². The first kappa shape index (κ1) is 19.6. The van der Waals surface area contributed by atoms with Crippen LogP contribution in [-0.2, 0) is 35.7 Å². The molecule has 3 aliphatic rings. The lowest BCUT2D eigenvalue weighted by molar-refractivity contribution is 0.171. The molecule has 1 aliphatic heterocycles. The minimum absolute atomic E-state index is 0.168. The summed E-state index contributed by atoms with van der Waals surface area (Å²) in [4.78, 5) is 13.0. The maximum absolute atomic E-state index is 13.2. The van der Waals surface area contributed by atoms with Crippen molar-refractivity contribution in [1.29, 1.82) is 0 Å². The Morgan fingerprint density at radius 2 is 2.17 bits per heavy atom. The summed E-state index contributed by atoms with van der Waals surface area (Å²) < 4.78 is 24.3. The fourth-order valence-corrected chi connectivity index (χ4v) is 5.96. The van der Waals surface area contributed by atoms with Gasteiger partial charge < -0.3 is 10.1 Å². The highest BCUT2D eigenvalue weighted by Crippen LogP contribution is 2.44. The van der Waals surface area contributed by atoms with Gasteiger partial charge in [0.2, 0.25) is 5.88 Å². The summed E-state index contributed by atoms with van der Waals surface area (Å²) in [6.07, 6.45) is 6.54. The zero-order chi connectivity index (χ0) is 21.0. The Hall–Kier alpha value is -2.39. The highest BCUT2D eigenvalue weighted by Gasteiger charge is 2.30. The molecule has 3 atom stereocenters. The number of ether oxygens (including phenoxy) is 1. The van der Waals surface area contributed by atoms with Crippen molar-refractivity contribution in [3.05, 3.63) is 34.5 Å². The van der Waals surface area contributed by atoms with Crippen LogP contribution in [-0.4, -0.2) is 26.6 Å². The molecule has 0 saturated carbocycles. The molecule has 5 rings (SSSR count). The van der Waals surface area contributed by atoms with Crippen molar-refractivity contribution in [1.82, 2.24) is 9.78 Å². The molecule has 2 aliphatic carbocycles. The lowest BCUT2D eigenvalue weighted by Gasteiger charge is -2.21. The second-order valence-corrected chi connectivity index (χ2v) is 10.5. The van der Waals surface area contributed by atoms with Crippen LogP contribution in [0.25, 0.3) is 0 Å². The van der Waals surface area contributed by atoms with E-state index in [2.05, 4.69) is 27.8 Å². The van der Waals surface area contributed by atoms with Gasteiger partial charge in [0.05, 0.1) is 19.3 Å². The number of fused-ring (bicyclic) bond motifs is 3. The summed E-state index contributed by atoms with van der Waals surface area (Å²) in [5.41, 5.74) is 5.86. The molecule has 0 unspecified atom stereocenters. The average Bonchev–Trinajstić information content (AvgIpc) is 3.39. The number of nitrogens with one attached hydrogen (secondary N) is 1. The van der Waals surface area contributed by atoms with Gasteiger partial charge in [0, 0.05) is 11.6 Å². The number of hydrogen-bond acceptors (Lipinski definition) is 4. The van der Waals surface area contributed by atoms with E-state index >= 15 is 0 Å². The minimum Gasteiger partial charge on any atom is -0.477 e. The zero-order valence-electron chi connectivity index (χ0n) is 17.3. The van der Waals surface area contributed by atoms with E-state index in [4.69, 9.17) is 9.88 Å². The van der Waals surface area contributed by atoms with Crippen LogP contribution in [0.2, 0.25) is 0 Å². The molecular weight excluding hydrogens is 402 g/mol. The third-order valence-corrected chi connectivity index (χ3v) is 7.73. The second-order valence-electron chi connectivity index (χ2n) is 8.76. The molecule has 0 bridgehead atoms. The van der Waals surface area contributed by atoms with Crippen LogP contribution in [0, 0.1) is 5.92 Å². The third-order valence-electron chi connectivity index (χ3n) is 6.38. The molecule has 160 valence electrons. The smallest absolute Gasteiger partial charge is 0.354 e. The number of nitrogens with two attached hydrogens (primary N) is 1. The van der Waals surface area contributed by atoms with E-state index < -0.39 is 15.9 Å². The van der Waals surface area contributed by atoms with E-state index in [1.54, 1.807) is 4.68 Å². The summed E-state index contributed by atoms with van der Waals surface area (Å²) in [5, 5.41) is 13.2. The lowest BCUT2D eigenvalue weighted by Crippen LogP contribution is -2.25. The summed E-state index contributed by atoms with van der Waals surface area (Å²) >= 11 is 0. The number of anilines is 1. The van der Waals surface area contributed by atoms with E-state index in [0.29, 0.717) is 30.9 Å². The van der Waals surface area contributed by atoms with Gasteiger partial charge in [0.15, 0.2) is 9.92 Å². The Morgan fingerprint density at radius 1 is 1.33 bits per heavy atom. The summed E-state index contributed by atoms with van der Waals surface area (Å²) in [5.74, 6) is 1.01. The number of amides is 2. The Labute approximate surface area is 176 Å². The van der Waals surface area contributed by atoms with Crippen molar-refractivity contribution in [2.45, 2.75) is 63.3 Å². The maximum atomic E-state index is 13.2. The Kier molecular flexibility index (Phi) is 4.62. The van der Waals surface area contributed by atoms with Crippen molar-refractivity contribution in [2.75, 3.05) is 11.9 Å². The molecule has 2 heterocycles. The summed E-state index contributed by atoms with van der Waals surface area (Å²) in [6.45, 7) is 5.36. The number of aryl methyl sites for hydroxylation is 2. The molecule has 2 amide bonds. The van der Waals surface area contributed by atoms with E-state index in [9.17, 15) is 9.00 Å². The number of aromatic nitrogens is 2. The lowest BCUT2D eigenvalue weighted by atomic mass is 9.95. The number of carbonyl (C=O) groups is 1. The molecule has 0 radical (unpaired) electrons. The maximum Gasteiger partial charge on any atom is 0.354 e. The molecule has 0 spiro atoms. The standard InChI is InChI=1S/C21H27N5O3S/c1-12-10-26-20(29-11-12)17(9-23-26)30(22,28)25-21(27)24-19-16-5-3-4-14(16)8-15-7-6-13(2)18(15)19/h8-9,12-13H,3-7,10-11H2,1-2H3,(H3,22,24,25,27,28)/t12-,13+,30-/m0/s1. The van der Waals surface area contributed by atoms with Gasteiger partial charge in [-0.05, 0) is 60.3 Å². The fraction of sp³-hybridized carbons (Fsp3) is 0.524. The van der Waals surface area contributed by atoms with Crippen molar-refractivity contribution in [2.24, 2.45) is 15.4 Å². The SMILES string of the molecule is C[C@@H]1COc2c([S@@](N)(=O)=NC(=O)Nc3c4c(cc5c3[C@H](C)CC5)CCC4)cnn2C1. The first-order valence-corrected chi connectivity index (χ1v) is 12.1. The molecule has 1 aromatic carbocycles. The number of rotatable bonds is 2. The second kappa shape index (κ2) is 7.09. The fourth-order valence-electron chi connectivity index (χ4n) is 4.96. The van der Waals surface area contributed by atoms with Crippen LogP contribution in [0.1, 0.15) is 54.9 Å². The monoisotopic (exact) mass is 429 g/mol. The zero-order valence-corrected chi connectivity index (χ0v) is 18.1. The molecule has 30 heavy (non-hydrogen) atoms. The highest BCUT2D eigenvalue weighted by molar-refractivity contribution is 7.91. The topological polar surface area (TPSA) is 112 Å². The molecule has 9 heteroatoms.